The van der Waals surface area contributed by atoms with Crippen LogP contribution in [0.1, 0.15) is 44.6 Å². The highest BCUT2D eigenvalue weighted by molar-refractivity contribution is 5.80. The molecule has 0 aliphatic carbocycles. The minimum absolute atomic E-state index is 0.145. The van der Waals surface area contributed by atoms with Crippen LogP contribution in [0.25, 0.3) is 16.8 Å². The Morgan fingerprint density at radius 1 is 1.25 bits per heavy atom. The van der Waals surface area contributed by atoms with Gasteiger partial charge < -0.3 is 0 Å². The van der Waals surface area contributed by atoms with Crippen molar-refractivity contribution in [3.05, 3.63) is 57.6 Å². The van der Waals surface area contributed by atoms with Gasteiger partial charge in [-0.05, 0) is 12.0 Å². The lowest BCUT2D eigenvalue weighted by Gasteiger charge is -2.13. The number of fused-ring (bicyclic) bond motifs is 1. The van der Waals surface area contributed by atoms with Crippen molar-refractivity contribution >= 4 is 5.65 Å². The zero-order valence-electron chi connectivity index (χ0n) is 14.3. The van der Waals surface area contributed by atoms with Gasteiger partial charge in [-0.1, -0.05) is 58.0 Å². The van der Waals surface area contributed by atoms with Gasteiger partial charge in [0, 0.05) is 16.5 Å². The van der Waals surface area contributed by atoms with E-state index in [9.17, 15) is 10.1 Å². The Labute approximate surface area is 140 Å². The maximum absolute atomic E-state index is 12.9. The van der Waals surface area contributed by atoms with E-state index in [0.29, 0.717) is 34.6 Å². The molecule has 0 amide bonds. The molecule has 0 radical (unpaired) electrons. The topological polar surface area (TPSA) is 73.9 Å². The van der Waals surface area contributed by atoms with Crippen molar-refractivity contribution in [2.75, 3.05) is 0 Å². The van der Waals surface area contributed by atoms with E-state index in [1.807, 2.05) is 58.0 Å². The molecule has 0 saturated heterocycles. The molecule has 0 unspecified atom stereocenters. The lowest BCUT2D eigenvalue weighted by Crippen LogP contribution is -2.22. The predicted molar refractivity (Wildman–Crippen MR) is 94.0 cm³/mol. The average molecular weight is 320 g/mol. The fourth-order valence-electron chi connectivity index (χ4n) is 2.85. The zero-order valence-corrected chi connectivity index (χ0v) is 14.3. The summed E-state index contributed by atoms with van der Waals surface area (Å²) in [5.41, 5.74) is 2.62. The zero-order chi connectivity index (χ0) is 17.5. The Morgan fingerprint density at radius 3 is 2.46 bits per heavy atom. The fraction of sp³-hybridized carbons (Fsp3) is 0.316. The quantitative estimate of drug-likeness (QED) is 0.786. The van der Waals surface area contributed by atoms with Crippen LogP contribution in [0.15, 0.2) is 35.1 Å². The molecule has 3 aromatic rings. The number of aromatic amines is 1. The number of nitrogens with one attached hydrogen (secondary N) is 1. The number of nitriles is 1. The minimum atomic E-state index is -0.246. The summed E-state index contributed by atoms with van der Waals surface area (Å²) in [6.45, 7) is 7.97. The van der Waals surface area contributed by atoms with Crippen LogP contribution in [0, 0.1) is 11.3 Å². The van der Waals surface area contributed by atoms with Crippen molar-refractivity contribution < 1.29 is 0 Å². The molecule has 1 N–H and O–H groups in total. The molecule has 0 bridgehead atoms. The fourth-order valence-corrected chi connectivity index (χ4v) is 2.85. The molecule has 0 saturated carbocycles. The molecule has 5 heteroatoms. The molecular weight excluding hydrogens is 300 g/mol. The average Bonchev–Trinajstić information content (AvgIpc) is 3.01. The van der Waals surface area contributed by atoms with Gasteiger partial charge in [0.15, 0.2) is 5.65 Å². The second-order valence-corrected chi connectivity index (χ2v) is 6.85. The SMILES string of the molecule is CCc1c(-c2ccccc2)c(C#N)c2nc(C(C)(C)C)[nH]n2c1=O. The highest BCUT2D eigenvalue weighted by Crippen LogP contribution is 2.29. The number of rotatable bonds is 2. The third-order valence-corrected chi connectivity index (χ3v) is 4.12. The van der Waals surface area contributed by atoms with Crippen LogP contribution in [0.3, 0.4) is 0 Å². The van der Waals surface area contributed by atoms with Crippen molar-refractivity contribution in [3.63, 3.8) is 0 Å². The van der Waals surface area contributed by atoms with Gasteiger partial charge >= 0.3 is 0 Å². The van der Waals surface area contributed by atoms with Crippen molar-refractivity contribution in [1.82, 2.24) is 14.6 Å². The van der Waals surface area contributed by atoms with Crippen LogP contribution >= 0.6 is 0 Å². The number of hydrogen-bond donors (Lipinski definition) is 1. The van der Waals surface area contributed by atoms with Crippen LogP contribution in [0.2, 0.25) is 0 Å². The van der Waals surface area contributed by atoms with Gasteiger partial charge in [0.25, 0.3) is 5.56 Å². The van der Waals surface area contributed by atoms with E-state index in [1.54, 1.807) is 0 Å². The molecule has 0 spiro atoms. The van der Waals surface area contributed by atoms with Crippen molar-refractivity contribution in [2.24, 2.45) is 0 Å². The summed E-state index contributed by atoms with van der Waals surface area (Å²) >= 11 is 0. The summed E-state index contributed by atoms with van der Waals surface area (Å²) in [6, 6.07) is 11.8. The van der Waals surface area contributed by atoms with E-state index in [0.717, 1.165) is 5.56 Å². The minimum Gasteiger partial charge on any atom is -0.276 e. The van der Waals surface area contributed by atoms with Gasteiger partial charge in [0.05, 0.1) is 0 Å². The number of nitrogens with zero attached hydrogens (tertiary/aromatic N) is 3. The Morgan fingerprint density at radius 2 is 1.92 bits per heavy atom. The molecule has 2 aromatic heterocycles. The summed E-state index contributed by atoms with van der Waals surface area (Å²) < 4.78 is 1.41. The van der Waals surface area contributed by atoms with Crippen molar-refractivity contribution in [3.8, 4) is 17.2 Å². The lowest BCUT2D eigenvalue weighted by atomic mass is 9.95. The lowest BCUT2D eigenvalue weighted by molar-refractivity contribution is 0.544. The number of pyridine rings is 1. The van der Waals surface area contributed by atoms with Gasteiger partial charge in [-0.15, -0.1) is 0 Å². The molecule has 0 aliphatic heterocycles. The molecule has 24 heavy (non-hydrogen) atoms. The monoisotopic (exact) mass is 320 g/mol. The van der Waals surface area contributed by atoms with Crippen LogP contribution in [0.4, 0.5) is 0 Å². The summed E-state index contributed by atoms with van der Waals surface area (Å²) in [5.74, 6) is 0.684. The standard InChI is InChI=1S/C19H20N4O/c1-5-13-15(12-9-7-6-8-10-12)14(11-20)16-21-18(19(2,3)4)22-23(16)17(13)24/h6-10H,5H2,1-4H3,(H,21,22). The van der Waals surface area contributed by atoms with Gasteiger partial charge in [-0.3, -0.25) is 9.89 Å². The summed E-state index contributed by atoms with van der Waals surface area (Å²) in [5, 5.41) is 12.9. The van der Waals surface area contributed by atoms with Crippen molar-refractivity contribution in [2.45, 2.75) is 39.5 Å². The van der Waals surface area contributed by atoms with Gasteiger partial charge in [0.2, 0.25) is 0 Å². The van der Waals surface area contributed by atoms with E-state index >= 15 is 0 Å². The Hall–Kier alpha value is -2.87. The van der Waals surface area contributed by atoms with E-state index in [-0.39, 0.29) is 11.0 Å². The second kappa shape index (κ2) is 5.64. The highest BCUT2D eigenvalue weighted by atomic mass is 16.1. The first-order valence-electron chi connectivity index (χ1n) is 8.02. The number of benzene rings is 1. The molecule has 3 rings (SSSR count). The first-order chi connectivity index (χ1) is 11.4. The predicted octanol–water partition coefficient (Wildman–Crippen LogP) is 3.42. The molecule has 1 aromatic carbocycles. The first kappa shape index (κ1) is 16.0. The van der Waals surface area contributed by atoms with E-state index in [1.165, 1.54) is 4.52 Å². The van der Waals surface area contributed by atoms with Gasteiger partial charge in [-0.2, -0.15) is 9.78 Å². The molecule has 2 heterocycles. The molecule has 122 valence electrons. The first-order valence-corrected chi connectivity index (χ1v) is 8.02. The maximum atomic E-state index is 12.9. The third-order valence-electron chi connectivity index (χ3n) is 4.12. The molecule has 5 nitrogen and oxygen atoms in total. The summed E-state index contributed by atoms with van der Waals surface area (Å²) in [7, 11) is 0. The summed E-state index contributed by atoms with van der Waals surface area (Å²) in [6.07, 6.45) is 0.546. The Balaban J connectivity index is 2.49. The van der Waals surface area contributed by atoms with Crippen LogP contribution in [-0.4, -0.2) is 14.6 Å². The number of hydrogen-bond acceptors (Lipinski definition) is 3. The maximum Gasteiger partial charge on any atom is 0.275 e. The van der Waals surface area contributed by atoms with Crippen LogP contribution < -0.4 is 5.56 Å². The highest BCUT2D eigenvalue weighted by Gasteiger charge is 2.24. The Kier molecular flexibility index (Phi) is 3.76. The molecular formula is C19H20N4O. The smallest absolute Gasteiger partial charge is 0.275 e. The molecule has 0 aliphatic rings. The van der Waals surface area contributed by atoms with Crippen molar-refractivity contribution in [1.29, 1.82) is 5.26 Å². The summed E-state index contributed by atoms with van der Waals surface area (Å²) in [4.78, 5) is 17.5. The Bertz CT molecular complexity index is 998. The molecule has 0 atom stereocenters. The van der Waals surface area contributed by atoms with Gasteiger partial charge in [0.1, 0.15) is 17.5 Å². The number of H-pyrrole nitrogens is 1. The van der Waals surface area contributed by atoms with E-state index in [2.05, 4.69) is 16.2 Å². The van der Waals surface area contributed by atoms with Gasteiger partial charge in [-0.25, -0.2) is 4.98 Å². The third kappa shape index (κ3) is 2.41. The van der Waals surface area contributed by atoms with Crippen LogP contribution in [0.5, 0.6) is 0 Å². The van der Waals surface area contributed by atoms with E-state index in [4.69, 9.17) is 0 Å². The number of aromatic nitrogens is 3. The normalized spacial score (nSPS) is 11.6. The molecule has 0 fully saturated rings. The van der Waals surface area contributed by atoms with E-state index < -0.39 is 0 Å². The van der Waals surface area contributed by atoms with Crippen LogP contribution in [-0.2, 0) is 11.8 Å². The second-order valence-electron chi connectivity index (χ2n) is 6.85. The largest absolute Gasteiger partial charge is 0.276 e.